The monoisotopic (exact) mass is 345 g/mol. The smallest absolute Gasteiger partial charge is 0.238 e. The zero-order valence-corrected chi connectivity index (χ0v) is 14.3. The Morgan fingerprint density at radius 2 is 1.77 bits per heavy atom. The minimum atomic E-state index is -0.171. The first-order valence-corrected chi connectivity index (χ1v) is 8.32. The standard InChI is InChI=1S/C21H19N3O2/c22-13-18-9-4-5-11-20(18)23-21(25)16-24(15-19-10-6-12-26-19)14-17-7-2-1-3-8-17/h1-12H,14-16H2,(H,23,25). The molecular weight excluding hydrogens is 326 g/mol. The highest BCUT2D eigenvalue weighted by molar-refractivity contribution is 5.93. The third-order valence-corrected chi connectivity index (χ3v) is 3.90. The van der Waals surface area contributed by atoms with Crippen molar-refractivity contribution in [2.24, 2.45) is 0 Å². The largest absolute Gasteiger partial charge is 0.468 e. The Kier molecular flexibility index (Phi) is 5.81. The van der Waals surface area contributed by atoms with Gasteiger partial charge in [0.25, 0.3) is 0 Å². The van der Waals surface area contributed by atoms with E-state index < -0.39 is 0 Å². The lowest BCUT2D eigenvalue weighted by Gasteiger charge is -2.21. The SMILES string of the molecule is N#Cc1ccccc1NC(=O)CN(Cc1ccccc1)Cc1ccco1. The van der Waals surface area contributed by atoms with Gasteiger partial charge in [0.1, 0.15) is 11.8 Å². The molecule has 0 spiro atoms. The maximum absolute atomic E-state index is 12.5. The highest BCUT2D eigenvalue weighted by Crippen LogP contribution is 2.15. The molecule has 0 fully saturated rings. The molecule has 3 rings (SSSR count). The van der Waals surface area contributed by atoms with Crippen molar-refractivity contribution in [1.29, 1.82) is 5.26 Å². The number of anilines is 1. The van der Waals surface area contributed by atoms with E-state index in [1.165, 1.54) is 0 Å². The predicted octanol–water partition coefficient (Wildman–Crippen LogP) is 3.79. The maximum Gasteiger partial charge on any atom is 0.238 e. The molecule has 1 amide bonds. The molecule has 1 N–H and O–H groups in total. The molecule has 0 atom stereocenters. The van der Waals surface area contributed by atoms with Gasteiger partial charge in [0, 0.05) is 6.54 Å². The van der Waals surface area contributed by atoms with Crippen molar-refractivity contribution >= 4 is 11.6 Å². The van der Waals surface area contributed by atoms with Gasteiger partial charge in [-0.2, -0.15) is 5.26 Å². The molecule has 5 nitrogen and oxygen atoms in total. The second kappa shape index (κ2) is 8.65. The molecule has 0 saturated heterocycles. The summed E-state index contributed by atoms with van der Waals surface area (Å²) < 4.78 is 5.42. The summed E-state index contributed by atoms with van der Waals surface area (Å²) in [5.41, 5.74) is 2.09. The lowest BCUT2D eigenvalue weighted by molar-refractivity contribution is -0.117. The number of nitrogens with one attached hydrogen (secondary N) is 1. The zero-order valence-electron chi connectivity index (χ0n) is 14.3. The fraction of sp³-hybridized carbons (Fsp3) is 0.143. The molecule has 0 bridgehead atoms. The minimum Gasteiger partial charge on any atom is -0.468 e. The van der Waals surface area contributed by atoms with Crippen LogP contribution in [-0.2, 0) is 17.9 Å². The molecule has 0 saturated carbocycles. The van der Waals surface area contributed by atoms with E-state index in [-0.39, 0.29) is 12.5 Å². The Bertz CT molecular complexity index is 883. The van der Waals surface area contributed by atoms with E-state index in [1.807, 2.05) is 47.4 Å². The van der Waals surface area contributed by atoms with Gasteiger partial charge >= 0.3 is 0 Å². The number of hydrogen-bond donors (Lipinski definition) is 1. The molecule has 130 valence electrons. The second-order valence-corrected chi connectivity index (χ2v) is 5.92. The van der Waals surface area contributed by atoms with Crippen LogP contribution < -0.4 is 5.32 Å². The average Bonchev–Trinajstić information content (AvgIpc) is 3.16. The van der Waals surface area contributed by atoms with Crippen LogP contribution in [0.2, 0.25) is 0 Å². The minimum absolute atomic E-state index is 0.171. The van der Waals surface area contributed by atoms with Gasteiger partial charge in [-0.15, -0.1) is 0 Å². The first kappa shape index (κ1) is 17.5. The van der Waals surface area contributed by atoms with E-state index in [9.17, 15) is 4.79 Å². The molecule has 1 heterocycles. The first-order valence-electron chi connectivity index (χ1n) is 8.32. The van der Waals surface area contributed by atoms with Crippen molar-refractivity contribution < 1.29 is 9.21 Å². The summed E-state index contributed by atoms with van der Waals surface area (Å²) in [6.07, 6.45) is 1.62. The van der Waals surface area contributed by atoms with Crippen LogP contribution in [-0.4, -0.2) is 17.4 Å². The number of nitrogens with zero attached hydrogens (tertiary/aromatic N) is 2. The van der Waals surface area contributed by atoms with E-state index in [4.69, 9.17) is 9.68 Å². The van der Waals surface area contributed by atoms with Crippen molar-refractivity contribution in [2.75, 3.05) is 11.9 Å². The number of benzene rings is 2. The Balaban J connectivity index is 1.70. The molecular formula is C21H19N3O2. The van der Waals surface area contributed by atoms with Crippen molar-refractivity contribution in [1.82, 2.24) is 4.90 Å². The van der Waals surface area contributed by atoms with Gasteiger partial charge < -0.3 is 9.73 Å². The van der Waals surface area contributed by atoms with Gasteiger partial charge in [-0.3, -0.25) is 9.69 Å². The average molecular weight is 345 g/mol. The fourth-order valence-corrected chi connectivity index (χ4v) is 2.71. The molecule has 5 heteroatoms. The van der Waals surface area contributed by atoms with Gasteiger partial charge in [0.15, 0.2) is 0 Å². The van der Waals surface area contributed by atoms with Crippen LogP contribution in [0.3, 0.4) is 0 Å². The zero-order chi connectivity index (χ0) is 18.2. The van der Waals surface area contributed by atoms with Crippen LogP contribution in [0.5, 0.6) is 0 Å². The number of furan rings is 1. The van der Waals surface area contributed by atoms with Crippen molar-refractivity contribution in [3.8, 4) is 6.07 Å². The first-order chi connectivity index (χ1) is 12.7. The third-order valence-electron chi connectivity index (χ3n) is 3.90. The topological polar surface area (TPSA) is 69.3 Å². The van der Waals surface area contributed by atoms with Crippen LogP contribution in [0.4, 0.5) is 5.69 Å². The summed E-state index contributed by atoms with van der Waals surface area (Å²) >= 11 is 0. The summed E-state index contributed by atoms with van der Waals surface area (Å²) in [5.74, 6) is 0.626. The van der Waals surface area contributed by atoms with Gasteiger partial charge in [-0.1, -0.05) is 42.5 Å². The second-order valence-electron chi connectivity index (χ2n) is 5.92. The quantitative estimate of drug-likeness (QED) is 0.707. The van der Waals surface area contributed by atoms with Gasteiger partial charge in [-0.05, 0) is 29.8 Å². The summed E-state index contributed by atoms with van der Waals surface area (Å²) in [6, 6.07) is 22.7. The van der Waals surface area contributed by atoms with E-state index in [0.717, 1.165) is 11.3 Å². The van der Waals surface area contributed by atoms with Gasteiger partial charge in [0.2, 0.25) is 5.91 Å². The Hall–Kier alpha value is -3.36. The lowest BCUT2D eigenvalue weighted by atomic mass is 10.2. The van der Waals surface area contributed by atoms with Crippen molar-refractivity contribution in [2.45, 2.75) is 13.1 Å². The summed E-state index contributed by atoms with van der Waals surface area (Å²) in [5, 5.41) is 12.0. The Morgan fingerprint density at radius 3 is 2.50 bits per heavy atom. The molecule has 1 aromatic heterocycles. The van der Waals surface area contributed by atoms with Gasteiger partial charge in [-0.25, -0.2) is 0 Å². The maximum atomic E-state index is 12.5. The highest BCUT2D eigenvalue weighted by Gasteiger charge is 2.14. The molecule has 0 unspecified atom stereocenters. The number of hydrogen-bond acceptors (Lipinski definition) is 4. The van der Waals surface area contributed by atoms with Crippen LogP contribution >= 0.6 is 0 Å². The summed E-state index contributed by atoms with van der Waals surface area (Å²) in [7, 11) is 0. The predicted molar refractivity (Wildman–Crippen MR) is 99.1 cm³/mol. The van der Waals surface area contributed by atoms with E-state index in [2.05, 4.69) is 11.4 Å². The summed E-state index contributed by atoms with van der Waals surface area (Å²) in [6.45, 7) is 1.33. The molecule has 26 heavy (non-hydrogen) atoms. The highest BCUT2D eigenvalue weighted by atomic mass is 16.3. The van der Waals surface area contributed by atoms with Gasteiger partial charge in [0.05, 0.1) is 30.6 Å². The number of rotatable bonds is 7. The summed E-state index contributed by atoms with van der Waals surface area (Å²) in [4.78, 5) is 14.5. The van der Waals surface area contributed by atoms with Crippen LogP contribution in [0.25, 0.3) is 0 Å². The molecule has 0 radical (unpaired) electrons. The number of carbonyl (C=O) groups is 1. The normalized spacial score (nSPS) is 10.5. The molecule has 2 aromatic carbocycles. The van der Waals surface area contributed by atoms with Crippen LogP contribution in [0, 0.1) is 11.3 Å². The Morgan fingerprint density at radius 1 is 1.00 bits per heavy atom. The van der Waals surface area contributed by atoms with Crippen molar-refractivity contribution in [3.05, 3.63) is 89.9 Å². The van der Waals surface area contributed by atoms with Crippen LogP contribution in [0.1, 0.15) is 16.9 Å². The Labute approximate surface area is 152 Å². The number of amides is 1. The third kappa shape index (κ3) is 4.82. The van der Waals surface area contributed by atoms with Crippen molar-refractivity contribution in [3.63, 3.8) is 0 Å². The molecule has 0 aliphatic rings. The van der Waals surface area contributed by atoms with Crippen LogP contribution in [0.15, 0.2) is 77.4 Å². The number of para-hydroxylation sites is 1. The molecule has 3 aromatic rings. The van der Waals surface area contributed by atoms with E-state index in [0.29, 0.717) is 24.3 Å². The fourth-order valence-electron chi connectivity index (χ4n) is 2.71. The lowest BCUT2D eigenvalue weighted by Crippen LogP contribution is -2.32. The molecule has 0 aliphatic carbocycles. The number of nitriles is 1. The molecule has 0 aliphatic heterocycles. The van der Waals surface area contributed by atoms with E-state index in [1.54, 1.807) is 30.5 Å². The van der Waals surface area contributed by atoms with E-state index >= 15 is 0 Å². The number of carbonyl (C=O) groups excluding carboxylic acids is 1.